The van der Waals surface area contributed by atoms with Crippen molar-refractivity contribution in [2.24, 2.45) is 0 Å². The molecule has 0 spiro atoms. The van der Waals surface area contributed by atoms with Crippen LogP contribution in [0.2, 0.25) is 0 Å². The summed E-state index contributed by atoms with van der Waals surface area (Å²) >= 11 is 1.81. The van der Waals surface area contributed by atoms with Gasteiger partial charge in [-0.3, -0.25) is 9.13 Å². The quantitative estimate of drug-likeness (QED) is 0.278. The van der Waals surface area contributed by atoms with Crippen LogP contribution < -0.4 is 0 Å². The molecule has 0 saturated heterocycles. The minimum atomic E-state index is -6.11. The first kappa shape index (κ1) is 18.9. The fourth-order valence-electron chi connectivity index (χ4n) is 0.698. The van der Waals surface area contributed by atoms with Crippen LogP contribution in [0.1, 0.15) is 13.3 Å². The lowest BCUT2D eigenvalue weighted by Crippen LogP contribution is -2.28. The molecular formula is C6H13F2IO7P2. The zero-order chi connectivity index (χ0) is 14.8. The van der Waals surface area contributed by atoms with E-state index in [0.717, 1.165) is 0 Å². The molecule has 0 heterocycles. The van der Waals surface area contributed by atoms with Gasteiger partial charge in [-0.05, 0) is 6.92 Å². The van der Waals surface area contributed by atoms with Crippen LogP contribution in [0.25, 0.3) is 0 Å². The van der Waals surface area contributed by atoms with Gasteiger partial charge in [-0.25, -0.2) is 0 Å². The molecule has 0 radical (unpaired) electrons. The van der Waals surface area contributed by atoms with Crippen LogP contribution in [0.15, 0.2) is 0 Å². The van der Waals surface area contributed by atoms with E-state index in [0.29, 0.717) is 0 Å². The van der Waals surface area contributed by atoms with Gasteiger partial charge in [-0.1, -0.05) is 22.6 Å². The third-order valence-electron chi connectivity index (χ3n) is 1.89. The van der Waals surface area contributed by atoms with Crippen LogP contribution in [0.3, 0.4) is 0 Å². The van der Waals surface area contributed by atoms with Crippen LogP contribution in [-0.2, 0) is 13.7 Å². The summed E-state index contributed by atoms with van der Waals surface area (Å²) in [6.45, 7) is 0.617. The zero-order valence-corrected chi connectivity index (χ0v) is 13.1. The Morgan fingerprint density at radius 3 is 2.06 bits per heavy atom. The van der Waals surface area contributed by atoms with Crippen LogP contribution in [-0.4, -0.2) is 41.8 Å². The first-order chi connectivity index (χ1) is 7.77. The molecule has 0 bridgehead atoms. The van der Waals surface area contributed by atoms with Crippen LogP contribution >= 0.6 is 37.8 Å². The second-order valence-corrected chi connectivity index (χ2v) is 8.41. The maximum Gasteiger partial charge on any atom is 0.443 e. The molecule has 0 rings (SSSR count). The summed E-state index contributed by atoms with van der Waals surface area (Å²) in [6.07, 6.45) is -0.238. The maximum absolute atomic E-state index is 12.9. The van der Waals surface area contributed by atoms with Crippen molar-refractivity contribution in [1.29, 1.82) is 0 Å². The summed E-state index contributed by atoms with van der Waals surface area (Å²) < 4.78 is 51.5. The SMILES string of the molecule is CC(O)(CI)CCOP(=O)(O)C(F)(F)P(=O)(O)O. The molecule has 2 unspecified atom stereocenters. The molecule has 4 N–H and O–H groups in total. The predicted molar refractivity (Wildman–Crippen MR) is 66.9 cm³/mol. The fourth-order valence-corrected chi connectivity index (χ4v) is 3.06. The van der Waals surface area contributed by atoms with Crippen LogP contribution in [0.5, 0.6) is 0 Å². The second-order valence-electron chi connectivity index (χ2n) is 3.79. The minimum absolute atomic E-state index is 0.221. The number of rotatable bonds is 7. The van der Waals surface area contributed by atoms with Gasteiger partial charge in [0.05, 0.1) is 12.2 Å². The summed E-state index contributed by atoms with van der Waals surface area (Å²) in [5.74, 6) is 0. The fraction of sp³-hybridized carbons (Fsp3) is 1.00. The van der Waals surface area contributed by atoms with Gasteiger partial charge in [0.2, 0.25) is 0 Å². The van der Waals surface area contributed by atoms with E-state index >= 15 is 0 Å². The summed E-state index contributed by atoms with van der Waals surface area (Å²) in [4.78, 5) is 25.4. The predicted octanol–water partition coefficient (Wildman–Crippen LogP) is 1.49. The molecule has 0 aliphatic carbocycles. The molecule has 2 atom stereocenters. The molecule has 18 heavy (non-hydrogen) atoms. The third-order valence-corrected chi connectivity index (χ3v) is 6.98. The molecule has 110 valence electrons. The van der Waals surface area contributed by atoms with E-state index in [2.05, 4.69) is 4.52 Å². The average Bonchev–Trinajstić information content (AvgIpc) is 2.15. The lowest BCUT2D eigenvalue weighted by Gasteiger charge is -2.24. The highest BCUT2D eigenvalue weighted by Gasteiger charge is 2.64. The van der Waals surface area contributed by atoms with Crippen LogP contribution in [0.4, 0.5) is 8.78 Å². The number of aliphatic hydroxyl groups is 1. The van der Waals surface area contributed by atoms with E-state index in [1.54, 1.807) is 0 Å². The molecule has 0 saturated carbocycles. The Bertz CT molecular complexity index is 382. The largest absolute Gasteiger partial charge is 0.443 e. The summed E-state index contributed by atoms with van der Waals surface area (Å²) in [7, 11) is -11.9. The van der Waals surface area contributed by atoms with Gasteiger partial charge >= 0.3 is 20.6 Å². The van der Waals surface area contributed by atoms with Gasteiger partial charge < -0.3 is 24.3 Å². The number of hydrogen-bond acceptors (Lipinski definition) is 4. The molecule has 0 aromatic heterocycles. The highest BCUT2D eigenvalue weighted by Crippen LogP contribution is 2.73. The van der Waals surface area contributed by atoms with Crippen molar-refractivity contribution in [2.45, 2.75) is 24.4 Å². The Kier molecular flexibility index (Phi) is 6.38. The van der Waals surface area contributed by atoms with Gasteiger partial charge in [0.25, 0.3) is 0 Å². The first-order valence-electron chi connectivity index (χ1n) is 4.46. The summed E-state index contributed by atoms with van der Waals surface area (Å²) in [5, 5.41) is 4.31. The maximum atomic E-state index is 12.9. The molecule has 0 aromatic carbocycles. The van der Waals surface area contributed by atoms with Gasteiger partial charge in [0, 0.05) is 10.8 Å². The lowest BCUT2D eigenvalue weighted by atomic mass is 10.1. The zero-order valence-electron chi connectivity index (χ0n) is 9.16. The molecule has 12 heteroatoms. The minimum Gasteiger partial charge on any atom is -0.389 e. The summed E-state index contributed by atoms with van der Waals surface area (Å²) in [6, 6.07) is 0. The van der Waals surface area contributed by atoms with Crippen molar-refractivity contribution in [3.05, 3.63) is 0 Å². The molecule has 0 aliphatic heterocycles. The van der Waals surface area contributed by atoms with E-state index in [4.69, 9.17) is 14.7 Å². The Morgan fingerprint density at radius 1 is 1.28 bits per heavy atom. The number of alkyl halides is 3. The van der Waals surface area contributed by atoms with Crippen molar-refractivity contribution in [3.8, 4) is 0 Å². The number of hydrogen-bond donors (Lipinski definition) is 4. The monoisotopic (exact) mass is 424 g/mol. The van der Waals surface area contributed by atoms with E-state index in [1.807, 2.05) is 22.6 Å². The highest BCUT2D eigenvalue weighted by atomic mass is 127. The molecule has 0 aliphatic rings. The average molecular weight is 424 g/mol. The van der Waals surface area contributed by atoms with E-state index in [-0.39, 0.29) is 10.8 Å². The van der Waals surface area contributed by atoms with Gasteiger partial charge in [-0.15, -0.1) is 0 Å². The number of halogens is 3. The Labute approximate surface area is 115 Å². The molecular weight excluding hydrogens is 411 g/mol. The molecule has 0 fully saturated rings. The molecule has 0 aromatic rings. The molecule has 0 amide bonds. The van der Waals surface area contributed by atoms with Gasteiger partial charge in [-0.2, -0.15) is 8.78 Å². The first-order valence-corrected chi connectivity index (χ1v) is 9.18. The van der Waals surface area contributed by atoms with Crippen molar-refractivity contribution >= 4 is 37.8 Å². The lowest BCUT2D eigenvalue weighted by molar-refractivity contribution is 0.0500. The Morgan fingerprint density at radius 2 is 1.72 bits per heavy atom. The van der Waals surface area contributed by atoms with Crippen molar-refractivity contribution in [2.75, 3.05) is 11.0 Å². The Hall–Kier alpha value is 0.850. The smallest absolute Gasteiger partial charge is 0.389 e. The highest BCUT2D eigenvalue weighted by molar-refractivity contribution is 14.1. The Balaban J connectivity index is 4.70. The van der Waals surface area contributed by atoms with Gasteiger partial charge in [0.1, 0.15) is 0 Å². The summed E-state index contributed by atoms with van der Waals surface area (Å²) in [5.41, 5.74) is -1.29. The second kappa shape index (κ2) is 6.09. The van der Waals surface area contributed by atoms with E-state index < -0.39 is 32.8 Å². The van der Waals surface area contributed by atoms with E-state index in [9.17, 15) is 23.0 Å². The van der Waals surface area contributed by atoms with Gasteiger partial charge in [0.15, 0.2) is 0 Å². The topological polar surface area (TPSA) is 124 Å². The standard InChI is InChI=1S/C6H13F2IO7P2/c1-5(10,4-9)2-3-16-18(14,15)6(7,8)17(11,12)13/h10H,2-4H2,1H3,(H,14,15)(H2,11,12,13). The van der Waals surface area contributed by atoms with Crippen molar-refractivity contribution < 1.29 is 42.2 Å². The van der Waals surface area contributed by atoms with Crippen LogP contribution in [0, 0.1) is 0 Å². The van der Waals surface area contributed by atoms with Crippen molar-refractivity contribution in [1.82, 2.24) is 0 Å². The third kappa shape index (κ3) is 4.75. The van der Waals surface area contributed by atoms with E-state index in [1.165, 1.54) is 6.92 Å². The molecule has 7 nitrogen and oxygen atoms in total. The van der Waals surface area contributed by atoms with Crippen molar-refractivity contribution in [3.63, 3.8) is 0 Å². The normalized spacial score (nSPS) is 20.2.